The lowest BCUT2D eigenvalue weighted by Gasteiger charge is -2.21. The standard InChI is InChI=1S/C16H19F3O2/c17-16(18,19)15-10-14(7-6-13(15)11-20)21-9-8-12-4-2-1-3-5-12/h6-7,10-12H,1-5,8-9H2. The minimum atomic E-state index is -4.54. The van der Waals surface area contributed by atoms with Gasteiger partial charge >= 0.3 is 6.18 Å². The van der Waals surface area contributed by atoms with Crippen molar-refractivity contribution in [3.63, 3.8) is 0 Å². The summed E-state index contributed by atoms with van der Waals surface area (Å²) in [4.78, 5) is 10.7. The molecule has 116 valence electrons. The second-order valence-corrected chi connectivity index (χ2v) is 5.51. The summed E-state index contributed by atoms with van der Waals surface area (Å²) in [6.07, 6.45) is 2.65. The molecule has 0 N–H and O–H groups in total. The molecule has 21 heavy (non-hydrogen) atoms. The average molecular weight is 300 g/mol. The molecule has 2 rings (SSSR count). The molecule has 1 aliphatic carbocycles. The number of aldehydes is 1. The van der Waals surface area contributed by atoms with Crippen LogP contribution in [0.1, 0.15) is 54.4 Å². The van der Waals surface area contributed by atoms with Gasteiger partial charge in [0.25, 0.3) is 0 Å². The van der Waals surface area contributed by atoms with E-state index in [1.807, 2.05) is 0 Å². The molecule has 0 bridgehead atoms. The molecule has 1 aliphatic rings. The topological polar surface area (TPSA) is 26.3 Å². The Kier molecular flexibility index (Phi) is 5.26. The Hall–Kier alpha value is -1.52. The third-order valence-electron chi connectivity index (χ3n) is 3.98. The van der Waals surface area contributed by atoms with E-state index in [9.17, 15) is 18.0 Å². The van der Waals surface area contributed by atoms with Crippen LogP contribution in [0.15, 0.2) is 18.2 Å². The smallest absolute Gasteiger partial charge is 0.417 e. The first-order valence-corrected chi connectivity index (χ1v) is 7.30. The largest absolute Gasteiger partial charge is 0.494 e. The maximum atomic E-state index is 12.8. The number of halogens is 3. The predicted octanol–water partition coefficient (Wildman–Crippen LogP) is 4.87. The minimum Gasteiger partial charge on any atom is -0.494 e. The molecule has 1 aromatic rings. The Morgan fingerprint density at radius 2 is 1.90 bits per heavy atom. The Balaban J connectivity index is 1.95. The summed E-state index contributed by atoms with van der Waals surface area (Å²) in [5.41, 5.74) is -1.30. The van der Waals surface area contributed by atoms with Gasteiger partial charge in [-0.1, -0.05) is 32.1 Å². The second kappa shape index (κ2) is 6.96. The fourth-order valence-electron chi connectivity index (χ4n) is 2.79. The minimum absolute atomic E-state index is 0.170. The average Bonchev–Trinajstić information content (AvgIpc) is 2.47. The highest BCUT2D eigenvalue weighted by atomic mass is 19.4. The Morgan fingerprint density at radius 3 is 2.52 bits per heavy atom. The molecule has 1 aromatic carbocycles. The molecule has 0 atom stereocenters. The van der Waals surface area contributed by atoms with E-state index in [1.54, 1.807) is 0 Å². The first kappa shape index (κ1) is 15.9. The van der Waals surface area contributed by atoms with Gasteiger partial charge in [0.2, 0.25) is 0 Å². The second-order valence-electron chi connectivity index (χ2n) is 5.51. The monoisotopic (exact) mass is 300 g/mol. The van der Waals surface area contributed by atoms with E-state index in [2.05, 4.69) is 0 Å². The van der Waals surface area contributed by atoms with E-state index < -0.39 is 11.7 Å². The molecule has 2 nitrogen and oxygen atoms in total. The van der Waals surface area contributed by atoms with Gasteiger partial charge in [-0.25, -0.2) is 0 Å². The number of rotatable bonds is 5. The van der Waals surface area contributed by atoms with E-state index in [1.165, 1.54) is 38.2 Å². The number of hydrogen-bond acceptors (Lipinski definition) is 2. The SMILES string of the molecule is O=Cc1ccc(OCCC2CCCCC2)cc1C(F)(F)F. The zero-order valence-electron chi connectivity index (χ0n) is 11.8. The Morgan fingerprint density at radius 1 is 1.19 bits per heavy atom. The number of hydrogen-bond donors (Lipinski definition) is 0. The molecule has 0 aromatic heterocycles. The van der Waals surface area contributed by atoms with Gasteiger partial charge in [-0.3, -0.25) is 4.79 Å². The summed E-state index contributed by atoms with van der Waals surface area (Å²) in [6.45, 7) is 0.419. The van der Waals surface area contributed by atoms with Crippen molar-refractivity contribution in [3.05, 3.63) is 29.3 Å². The summed E-state index contributed by atoms with van der Waals surface area (Å²) in [6, 6.07) is 3.48. The lowest BCUT2D eigenvalue weighted by Crippen LogP contribution is -2.12. The van der Waals surface area contributed by atoms with E-state index >= 15 is 0 Å². The van der Waals surface area contributed by atoms with Crippen LogP contribution in [0.3, 0.4) is 0 Å². The van der Waals surface area contributed by atoms with E-state index in [4.69, 9.17) is 4.74 Å². The molecule has 0 saturated heterocycles. The van der Waals surface area contributed by atoms with Gasteiger partial charge in [-0.05, 0) is 30.5 Å². The maximum Gasteiger partial charge on any atom is 0.417 e. The highest BCUT2D eigenvalue weighted by Crippen LogP contribution is 2.34. The van der Waals surface area contributed by atoms with Crippen LogP contribution in [-0.2, 0) is 6.18 Å². The summed E-state index contributed by atoms with van der Waals surface area (Å²) in [7, 11) is 0. The van der Waals surface area contributed by atoms with Crippen molar-refractivity contribution in [2.24, 2.45) is 5.92 Å². The van der Waals surface area contributed by atoms with E-state index in [0.717, 1.165) is 18.6 Å². The Labute approximate surface area is 122 Å². The molecule has 1 fully saturated rings. The maximum absolute atomic E-state index is 12.8. The number of carbonyl (C=O) groups is 1. The number of benzene rings is 1. The van der Waals surface area contributed by atoms with Crippen molar-refractivity contribution in [3.8, 4) is 5.75 Å². The third-order valence-corrected chi connectivity index (χ3v) is 3.98. The fraction of sp³-hybridized carbons (Fsp3) is 0.562. The molecular weight excluding hydrogens is 281 g/mol. The van der Waals surface area contributed by atoms with E-state index in [-0.39, 0.29) is 17.6 Å². The van der Waals surface area contributed by atoms with Gasteiger partial charge in [-0.15, -0.1) is 0 Å². The predicted molar refractivity (Wildman–Crippen MR) is 73.5 cm³/mol. The molecule has 0 unspecified atom stereocenters. The summed E-state index contributed by atoms with van der Waals surface area (Å²) in [5, 5.41) is 0. The van der Waals surface area contributed by atoms with Crippen LogP contribution in [0.5, 0.6) is 5.75 Å². The van der Waals surface area contributed by atoms with Crippen molar-refractivity contribution in [2.75, 3.05) is 6.61 Å². The highest BCUT2D eigenvalue weighted by Gasteiger charge is 2.33. The van der Waals surface area contributed by atoms with Gasteiger partial charge in [0, 0.05) is 5.56 Å². The van der Waals surface area contributed by atoms with Gasteiger partial charge < -0.3 is 4.74 Å². The van der Waals surface area contributed by atoms with Crippen LogP contribution in [-0.4, -0.2) is 12.9 Å². The summed E-state index contributed by atoms with van der Waals surface area (Å²) in [5.74, 6) is 0.791. The van der Waals surface area contributed by atoms with E-state index in [0.29, 0.717) is 12.5 Å². The quantitative estimate of drug-likeness (QED) is 0.725. The molecule has 1 saturated carbocycles. The van der Waals surface area contributed by atoms with Crippen LogP contribution in [0.2, 0.25) is 0 Å². The molecule has 0 amide bonds. The third kappa shape index (κ3) is 4.48. The van der Waals surface area contributed by atoms with Gasteiger partial charge in [0.1, 0.15) is 5.75 Å². The van der Waals surface area contributed by atoms with Crippen LogP contribution < -0.4 is 4.74 Å². The van der Waals surface area contributed by atoms with Crippen molar-refractivity contribution in [2.45, 2.75) is 44.7 Å². The fourth-order valence-corrected chi connectivity index (χ4v) is 2.79. The van der Waals surface area contributed by atoms with Crippen molar-refractivity contribution < 1.29 is 22.7 Å². The molecule has 0 heterocycles. The van der Waals surface area contributed by atoms with Gasteiger partial charge in [0.15, 0.2) is 6.29 Å². The van der Waals surface area contributed by atoms with Crippen LogP contribution in [0.25, 0.3) is 0 Å². The molecule has 0 radical (unpaired) electrons. The van der Waals surface area contributed by atoms with Crippen LogP contribution in [0.4, 0.5) is 13.2 Å². The molecule has 0 spiro atoms. The molecule has 5 heteroatoms. The van der Waals surface area contributed by atoms with Crippen molar-refractivity contribution in [1.29, 1.82) is 0 Å². The number of carbonyl (C=O) groups excluding carboxylic acids is 1. The van der Waals surface area contributed by atoms with Crippen LogP contribution in [0, 0.1) is 5.92 Å². The number of alkyl halides is 3. The zero-order chi connectivity index (χ0) is 15.3. The normalized spacial score (nSPS) is 16.7. The zero-order valence-corrected chi connectivity index (χ0v) is 11.8. The lowest BCUT2D eigenvalue weighted by molar-refractivity contribution is -0.137. The van der Waals surface area contributed by atoms with Crippen LogP contribution >= 0.6 is 0 Å². The highest BCUT2D eigenvalue weighted by molar-refractivity contribution is 5.78. The first-order valence-electron chi connectivity index (χ1n) is 7.30. The summed E-state index contributed by atoms with van der Waals surface area (Å²) >= 11 is 0. The van der Waals surface area contributed by atoms with Gasteiger partial charge in [-0.2, -0.15) is 13.2 Å². The van der Waals surface area contributed by atoms with Crippen molar-refractivity contribution in [1.82, 2.24) is 0 Å². The molecular formula is C16H19F3O2. The summed E-state index contributed by atoms with van der Waals surface area (Å²) < 4.78 is 43.9. The van der Waals surface area contributed by atoms with Crippen molar-refractivity contribution >= 4 is 6.29 Å². The molecule has 0 aliphatic heterocycles. The number of ether oxygens (including phenoxy) is 1. The first-order chi connectivity index (χ1) is 10.0. The van der Waals surface area contributed by atoms with Gasteiger partial charge in [0.05, 0.1) is 12.2 Å². The lowest BCUT2D eigenvalue weighted by atomic mass is 9.87. The Bertz CT molecular complexity index is 477.